The molecule has 9 nitrogen and oxygen atoms in total. The van der Waals surface area contributed by atoms with Gasteiger partial charge in [-0.15, -0.1) is 0 Å². The first-order valence-electron chi connectivity index (χ1n) is 9.44. The lowest BCUT2D eigenvalue weighted by atomic mass is 10.1. The summed E-state index contributed by atoms with van der Waals surface area (Å²) < 4.78 is 9.98. The second kappa shape index (κ2) is 10.2. The summed E-state index contributed by atoms with van der Waals surface area (Å²) in [4.78, 5) is 35.4. The number of benzene rings is 2. The van der Waals surface area contributed by atoms with Gasteiger partial charge in [0.25, 0.3) is 5.91 Å². The number of carbonyl (C=O) groups is 3. The normalized spacial score (nSPS) is 10.2. The van der Waals surface area contributed by atoms with Crippen LogP contribution in [0, 0.1) is 0 Å². The highest BCUT2D eigenvalue weighted by atomic mass is 32.1. The van der Waals surface area contributed by atoms with Gasteiger partial charge >= 0.3 is 11.9 Å². The lowest BCUT2D eigenvalue weighted by Gasteiger charge is -2.13. The molecule has 2 aromatic carbocycles. The first kappa shape index (κ1) is 22.5. The van der Waals surface area contributed by atoms with Crippen molar-refractivity contribution in [1.29, 1.82) is 0 Å². The Kier molecular flexibility index (Phi) is 7.19. The summed E-state index contributed by atoms with van der Waals surface area (Å²) in [5.41, 5.74) is 1.50. The SMILES string of the molecule is CCOC(=O)c1cc(NC(=S)Nc2ccc(NC(=O)c3ccco3)cc2)cc(C(=O)O)c1. The number of aromatic carboxylic acids is 1. The van der Waals surface area contributed by atoms with E-state index in [0.29, 0.717) is 17.1 Å². The molecule has 0 fully saturated rings. The first-order chi connectivity index (χ1) is 15.4. The molecule has 0 saturated carbocycles. The van der Waals surface area contributed by atoms with Crippen molar-refractivity contribution in [2.75, 3.05) is 22.6 Å². The van der Waals surface area contributed by atoms with Gasteiger partial charge in [0, 0.05) is 17.1 Å². The third-order valence-corrected chi connectivity index (χ3v) is 4.30. The van der Waals surface area contributed by atoms with Crippen LogP contribution in [0.5, 0.6) is 0 Å². The highest BCUT2D eigenvalue weighted by Gasteiger charge is 2.14. The number of thiocarbonyl (C=S) groups is 1. The minimum atomic E-state index is -1.19. The van der Waals surface area contributed by atoms with Gasteiger partial charge in [-0.05, 0) is 73.7 Å². The Morgan fingerprint density at radius 1 is 0.938 bits per heavy atom. The van der Waals surface area contributed by atoms with Gasteiger partial charge in [-0.3, -0.25) is 4.79 Å². The molecule has 3 aromatic rings. The molecule has 0 unspecified atom stereocenters. The number of nitrogens with one attached hydrogen (secondary N) is 3. The van der Waals surface area contributed by atoms with E-state index in [0.717, 1.165) is 0 Å². The van der Waals surface area contributed by atoms with Crippen molar-refractivity contribution in [3.8, 4) is 0 Å². The van der Waals surface area contributed by atoms with E-state index in [-0.39, 0.29) is 34.5 Å². The standard InChI is InChI=1S/C22H19N3O6S/c1-2-30-21(29)14-10-13(20(27)28)11-17(12-14)25-22(32)24-16-7-5-15(6-8-16)23-19(26)18-4-3-9-31-18/h3-12H,2H2,1H3,(H,23,26)(H,27,28)(H2,24,25,32). The van der Waals surface area contributed by atoms with Crippen molar-refractivity contribution < 1.29 is 28.6 Å². The van der Waals surface area contributed by atoms with Gasteiger partial charge in [0.05, 0.1) is 24.0 Å². The van der Waals surface area contributed by atoms with Crippen LogP contribution in [-0.4, -0.2) is 34.7 Å². The number of anilines is 3. The molecule has 32 heavy (non-hydrogen) atoms. The Balaban J connectivity index is 1.65. The van der Waals surface area contributed by atoms with E-state index in [4.69, 9.17) is 21.4 Å². The maximum absolute atomic E-state index is 12.0. The number of carbonyl (C=O) groups excluding carboxylic acids is 2. The highest BCUT2D eigenvalue weighted by molar-refractivity contribution is 7.80. The number of carboxylic acids is 1. The molecule has 10 heteroatoms. The quantitative estimate of drug-likeness (QED) is 0.307. The molecule has 1 aromatic heterocycles. The number of esters is 1. The third-order valence-electron chi connectivity index (χ3n) is 4.09. The Morgan fingerprint density at radius 2 is 1.56 bits per heavy atom. The second-order valence-corrected chi connectivity index (χ2v) is 6.82. The molecule has 0 atom stereocenters. The zero-order valence-electron chi connectivity index (χ0n) is 16.9. The van der Waals surface area contributed by atoms with Crippen LogP contribution in [-0.2, 0) is 4.74 Å². The molecule has 0 radical (unpaired) electrons. The van der Waals surface area contributed by atoms with Crippen LogP contribution >= 0.6 is 12.2 Å². The predicted molar refractivity (Wildman–Crippen MR) is 122 cm³/mol. The fraction of sp³-hybridized carbons (Fsp3) is 0.0909. The van der Waals surface area contributed by atoms with Crippen LogP contribution in [0.3, 0.4) is 0 Å². The van der Waals surface area contributed by atoms with Crippen molar-refractivity contribution in [2.24, 2.45) is 0 Å². The second-order valence-electron chi connectivity index (χ2n) is 6.41. The molecule has 0 aliphatic heterocycles. The predicted octanol–water partition coefficient (Wildman–Crippen LogP) is 4.22. The molecule has 164 valence electrons. The Morgan fingerprint density at radius 3 is 2.16 bits per heavy atom. The van der Waals surface area contributed by atoms with Gasteiger partial charge in [-0.2, -0.15) is 0 Å². The molecule has 0 aliphatic rings. The summed E-state index contributed by atoms with van der Waals surface area (Å²) in [7, 11) is 0. The van der Waals surface area contributed by atoms with E-state index in [1.165, 1.54) is 24.5 Å². The molecule has 1 amide bonds. The van der Waals surface area contributed by atoms with Gasteiger partial charge in [-0.1, -0.05) is 0 Å². The van der Waals surface area contributed by atoms with E-state index in [1.807, 2.05) is 0 Å². The summed E-state index contributed by atoms with van der Waals surface area (Å²) in [6.45, 7) is 1.82. The fourth-order valence-corrected chi connectivity index (χ4v) is 2.92. The monoisotopic (exact) mass is 453 g/mol. The van der Waals surface area contributed by atoms with Crippen molar-refractivity contribution >= 4 is 52.2 Å². The summed E-state index contributed by atoms with van der Waals surface area (Å²) in [6, 6.07) is 14.0. The van der Waals surface area contributed by atoms with E-state index in [1.54, 1.807) is 43.3 Å². The maximum atomic E-state index is 12.0. The highest BCUT2D eigenvalue weighted by Crippen LogP contribution is 2.18. The zero-order valence-corrected chi connectivity index (χ0v) is 17.7. The Labute approximate surface area is 188 Å². The van der Waals surface area contributed by atoms with Crippen LogP contribution in [0.4, 0.5) is 17.1 Å². The summed E-state index contributed by atoms with van der Waals surface area (Å²) >= 11 is 5.28. The third kappa shape index (κ3) is 5.92. The first-order valence-corrected chi connectivity index (χ1v) is 9.85. The van der Waals surface area contributed by atoms with Crippen molar-refractivity contribution in [1.82, 2.24) is 0 Å². The lowest BCUT2D eigenvalue weighted by Crippen LogP contribution is -2.20. The maximum Gasteiger partial charge on any atom is 0.338 e. The molecule has 0 aliphatic carbocycles. The van der Waals surface area contributed by atoms with E-state index in [2.05, 4.69) is 16.0 Å². The van der Waals surface area contributed by atoms with Crippen LogP contribution in [0.1, 0.15) is 38.2 Å². The molecule has 0 spiro atoms. The minimum Gasteiger partial charge on any atom is -0.478 e. The smallest absolute Gasteiger partial charge is 0.338 e. The summed E-state index contributed by atoms with van der Waals surface area (Å²) in [6.07, 6.45) is 1.41. The number of rotatable bonds is 7. The fourth-order valence-electron chi connectivity index (χ4n) is 2.69. The number of ether oxygens (including phenoxy) is 1. The van der Waals surface area contributed by atoms with Gasteiger partial charge in [0.15, 0.2) is 10.9 Å². The minimum absolute atomic E-state index is 0.0856. The van der Waals surface area contributed by atoms with Crippen LogP contribution in [0.15, 0.2) is 65.3 Å². The molecule has 0 saturated heterocycles. The number of hydrogen-bond acceptors (Lipinski definition) is 6. The van der Waals surface area contributed by atoms with E-state index >= 15 is 0 Å². The molecule has 0 bridgehead atoms. The molecule has 4 N–H and O–H groups in total. The van der Waals surface area contributed by atoms with Crippen LogP contribution in [0.25, 0.3) is 0 Å². The Bertz CT molecular complexity index is 1140. The number of carboxylic acid groups (broad SMARTS) is 1. The average molecular weight is 453 g/mol. The largest absolute Gasteiger partial charge is 0.478 e. The number of hydrogen-bond donors (Lipinski definition) is 4. The zero-order chi connectivity index (χ0) is 23.1. The molecule has 3 rings (SSSR count). The summed E-state index contributed by atoms with van der Waals surface area (Å²) in [5, 5.41) is 18.0. The van der Waals surface area contributed by atoms with Crippen LogP contribution < -0.4 is 16.0 Å². The number of amides is 1. The van der Waals surface area contributed by atoms with Crippen molar-refractivity contribution in [3.63, 3.8) is 0 Å². The lowest BCUT2D eigenvalue weighted by molar-refractivity contribution is 0.0526. The van der Waals surface area contributed by atoms with Gasteiger partial charge in [0.1, 0.15) is 0 Å². The van der Waals surface area contributed by atoms with Crippen LogP contribution in [0.2, 0.25) is 0 Å². The van der Waals surface area contributed by atoms with Gasteiger partial charge in [0.2, 0.25) is 0 Å². The number of furan rings is 1. The van der Waals surface area contributed by atoms with Crippen molar-refractivity contribution in [3.05, 3.63) is 77.7 Å². The van der Waals surface area contributed by atoms with Crippen molar-refractivity contribution in [2.45, 2.75) is 6.92 Å². The van der Waals surface area contributed by atoms with E-state index < -0.39 is 11.9 Å². The topological polar surface area (TPSA) is 130 Å². The Hall–Kier alpha value is -4.18. The van der Waals surface area contributed by atoms with E-state index in [9.17, 15) is 19.5 Å². The van der Waals surface area contributed by atoms with Gasteiger partial charge in [-0.25, -0.2) is 9.59 Å². The molecular formula is C22H19N3O6S. The summed E-state index contributed by atoms with van der Waals surface area (Å²) in [5.74, 6) is -2.00. The van der Waals surface area contributed by atoms with Gasteiger partial charge < -0.3 is 30.2 Å². The molecule has 1 heterocycles. The average Bonchev–Trinajstić information content (AvgIpc) is 3.30. The molecular weight excluding hydrogens is 434 g/mol.